The maximum atomic E-state index is 11.8. The summed E-state index contributed by atoms with van der Waals surface area (Å²) >= 11 is 0. The molecule has 0 amide bonds. The molecular weight excluding hydrogens is 240 g/mol. The van der Waals surface area contributed by atoms with Crippen molar-refractivity contribution in [2.75, 3.05) is 30.9 Å². The number of carbonyl (C=O) groups excluding carboxylic acids is 1. The van der Waals surface area contributed by atoms with Crippen molar-refractivity contribution in [3.8, 4) is 0 Å². The molecule has 0 saturated carbocycles. The molecule has 19 heavy (non-hydrogen) atoms. The Morgan fingerprint density at radius 2 is 1.89 bits per heavy atom. The highest BCUT2D eigenvalue weighted by atomic mass is 16.5. The predicted molar refractivity (Wildman–Crippen MR) is 79.7 cm³/mol. The van der Waals surface area contributed by atoms with Gasteiger partial charge in [-0.25, -0.2) is 4.79 Å². The van der Waals surface area contributed by atoms with Crippen molar-refractivity contribution in [3.63, 3.8) is 0 Å². The first-order valence-corrected chi connectivity index (χ1v) is 6.79. The van der Waals surface area contributed by atoms with E-state index in [-0.39, 0.29) is 12.0 Å². The van der Waals surface area contributed by atoms with Crippen molar-refractivity contribution in [1.82, 2.24) is 0 Å². The molecule has 106 valence electrons. The predicted octanol–water partition coefficient (Wildman–Crippen LogP) is 2.90. The molecule has 0 fully saturated rings. The third-order valence-corrected chi connectivity index (χ3v) is 2.87. The number of esters is 1. The minimum atomic E-state index is -0.268. The van der Waals surface area contributed by atoms with Gasteiger partial charge in [-0.3, -0.25) is 0 Å². The Bertz CT molecular complexity index is 388. The van der Waals surface area contributed by atoms with Crippen LogP contribution in [0.5, 0.6) is 0 Å². The van der Waals surface area contributed by atoms with E-state index in [2.05, 4.69) is 12.2 Å². The molecule has 1 N–H and O–H groups in total. The summed E-state index contributed by atoms with van der Waals surface area (Å²) in [6.07, 6.45) is 1.71. The van der Waals surface area contributed by atoms with E-state index in [1.165, 1.54) is 0 Å². The molecule has 1 aromatic carbocycles. The molecule has 0 heterocycles. The molecule has 0 aliphatic rings. The van der Waals surface area contributed by atoms with Gasteiger partial charge in [0.05, 0.1) is 6.61 Å². The van der Waals surface area contributed by atoms with Crippen LogP contribution in [0.15, 0.2) is 24.3 Å². The van der Waals surface area contributed by atoms with Gasteiger partial charge in [-0.05, 0) is 37.6 Å². The molecule has 0 saturated heterocycles. The number of carbonyl (C=O) groups is 1. The summed E-state index contributed by atoms with van der Waals surface area (Å²) in [5.74, 6) is -0.180. The average Bonchev–Trinajstić information content (AvgIpc) is 2.39. The number of ether oxygens (including phenoxy) is 1. The lowest BCUT2D eigenvalue weighted by Crippen LogP contribution is -2.31. The molecule has 0 bridgehead atoms. The lowest BCUT2D eigenvalue weighted by Gasteiger charge is -2.19. The molecule has 0 aliphatic carbocycles. The van der Waals surface area contributed by atoms with Gasteiger partial charge in [0, 0.05) is 25.5 Å². The monoisotopic (exact) mass is 264 g/mol. The highest BCUT2D eigenvalue weighted by Gasteiger charge is 2.18. The summed E-state index contributed by atoms with van der Waals surface area (Å²) in [4.78, 5) is 13.9. The molecule has 4 nitrogen and oxygen atoms in total. The SMILES string of the molecule is CCCC(Nc1ccc(N(C)C)cc1)C(=O)OCC. The summed E-state index contributed by atoms with van der Waals surface area (Å²) in [5, 5.41) is 3.24. The van der Waals surface area contributed by atoms with Crippen LogP contribution in [0, 0.1) is 0 Å². The first kappa shape index (κ1) is 15.3. The fourth-order valence-electron chi connectivity index (χ4n) is 1.84. The van der Waals surface area contributed by atoms with Crippen LogP contribution in [0.25, 0.3) is 0 Å². The van der Waals surface area contributed by atoms with Crippen LogP contribution in [-0.4, -0.2) is 32.7 Å². The molecule has 1 rings (SSSR count). The number of hydrogen-bond donors (Lipinski definition) is 1. The van der Waals surface area contributed by atoms with E-state index >= 15 is 0 Å². The summed E-state index contributed by atoms with van der Waals surface area (Å²) in [7, 11) is 4.00. The lowest BCUT2D eigenvalue weighted by molar-refractivity contribution is -0.144. The van der Waals surface area contributed by atoms with Gasteiger partial charge >= 0.3 is 5.97 Å². The minimum absolute atomic E-state index is 0.180. The number of benzene rings is 1. The van der Waals surface area contributed by atoms with Gasteiger partial charge in [-0.15, -0.1) is 0 Å². The highest BCUT2D eigenvalue weighted by Crippen LogP contribution is 2.17. The van der Waals surface area contributed by atoms with E-state index < -0.39 is 0 Å². The van der Waals surface area contributed by atoms with Gasteiger partial charge in [0.15, 0.2) is 0 Å². The smallest absolute Gasteiger partial charge is 0.328 e. The standard InChI is InChI=1S/C15H24N2O2/c1-5-7-14(15(18)19-6-2)16-12-8-10-13(11-9-12)17(3)4/h8-11,14,16H,5-7H2,1-4H3. The van der Waals surface area contributed by atoms with Gasteiger partial charge in [0.25, 0.3) is 0 Å². The molecule has 0 aromatic heterocycles. The van der Waals surface area contributed by atoms with E-state index in [1.807, 2.05) is 50.2 Å². The lowest BCUT2D eigenvalue weighted by atomic mass is 10.1. The van der Waals surface area contributed by atoms with Crippen LogP contribution in [0.3, 0.4) is 0 Å². The molecular formula is C15H24N2O2. The Balaban J connectivity index is 2.70. The van der Waals surface area contributed by atoms with Crippen LogP contribution in [0.4, 0.5) is 11.4 Å². The molecule has 1 aromatic rings. The minimum Gasteiger partial charge on any atom is -0.464 e. The van der Waals surface area contributed by atoms with Crippen molar-refractivity contribution < 1.29 is 9.53 Å². The molecule has 1 unspecified atom stereocenters. The fourth-order valence-corrected chi connectivity index (χ4v) is 1.84. The first-order valence-electron chi connectivity index (χ1n) is 6.79. The Labute approximate surface area is 115 Å². The van der Waals surface area contributed by atoms with E-state index in [9.17, 15) is 4.79 Å². The van der Waals surface area contributed by atoms with Crippen LogP contribution in [-0.2, 0) is 9.53 Å². The highest BCUT2D eigenvalue weighted by molar-refractivity contribution is 5.79. The van der Waals surface area contributed by atoms with E-state index in [1.54, 1.807) is 0 Å². The zero-order chi connectivity index (χ0) is 14.3. The Hall–Kier alpha value is -1.71. The number of hydrogen-bond acceptors (Lipinski definition) is 4. The zero-order valence-corrected chi connectivity index (χ0v) is 12.3. The fraction of sp³-hybridized carbons (Fsp3) is 0.533. The van der Waals surface area contributed by atoms with Crippen molar-refractivity contribution in [2.24, 2.45) is 0 Å². The van der Waals surface area contributed by atoms with Gasteiger partial charge in [0.1, 0.15) is 6.04 Å². The third-order valence-electron chi connectivity index (χ3n) is 2.87. The quantitative estimate of drug-likeness (QED) is 0.769. The third kappa shape index (κ3) is 4.81. The zero-order valence-electron chi connectivity index (χ0n) is 12.3. The second-order valence-corrected chi connectivity index (χ2v) is 4.68. The van der Waals surface area contributed by atoms with Crippen molar-refractivity contribution >= 4 is 17.3 Å². The van der Waals surface area contributed by atoms with Crippen LogP contribution in [0.1, 0.15) is 26.7 Å². The molecule has 0 spiro atoms. The van der Waals surface area contributed by atoms with Crippen LogP contribution in [0.2, 0.25) is 0 Å². The average molecular weight is 264 g/mol. The van der Waals surface area contributed by atoms with Crippen molar-refractivity contribution in [1.29, 1.82) is 0 Å². The van der Waals surface area contributed by atoms with Crippen molar-refractivity contribution in [2.45, 2.75) is 32.7 Å². The number of nitrogens with zero attached hydrogens (tertiary/aromatic N) is 1. The molecule has 4 heteroatoms. The van der Waals surface area contributed by atoms with E-state index in [0.29, 0.717) is 6.61 Å². The number of rotatable bonds is 7. The molecule has 0 radical (unpaired) electrons. The van der Waals surface area contributed by atoms with Gasteiger partial charge in [0.2, 0.25) is 0 Å². The maximum Gasteiger partial charge on any atom is 0.328 e. The second-order valence-electron chi connectivity index (χ2n) is 4.68. The maximum absolute atomic E-state index is 11.8. The van der Waals surface area contributed by atoms with Crippen LogP contribution < -0.4 is 10.2 Å². The Kier molecular flexibility index (Phi) is 6.19. The largest absolute Gasteiger partial charge is 0.464 e. The summed E-state index contributed by atoms with van der Waals surface area (Å²) < 4.78 is 5.08. The topological polar surface area (TPSA) is 41.6 Å². The molecule has 1 atom stereocenters. The first-order chi connectivity index (χ1) is 9.08. The second kappa shape index (κ2) is 7.67. The molecule has 0 aliphatic heterocycles. The van der Waals surface area contributed by atoms with Gasteiger partial charge < -0.3 is 15.0 Å². The number of nitrogens with one attached hydrogen (secondary N) is 1. The van der Waals surface area contributed by atoms with Crippen molar-refractivity contribution in [3.05, 3.63) is 24.3 Å². The normalized spacial score (nSPS) is 11.8. The Morgan fingerprint density at radius 3 is 2.37 bits per heavy atom. The van der Waals surface area contributed by atoms with E-state index in [4.69, 9.17) is 4.74 Å². The van der Waals surface area contributed by atoms with Crippen LogP contribution >= 0.6 is 0 Å². The number of anilines is 2. The van der Waals surface area contributed by atoms with Gasteiger partial charge in [-0.2, -0.15) is 0 Å². The summed E-state index contributed by atoms with van der Waals surface area (Å²) in [6.45, 7) is 4.30. The summed E-state index contributed by atoms with van der Waals surface area (Å²) in [5.41, 5.74) is 2.07. The van der Waals surface area contributed by atoms with E-state index in [0.717, 1.165) is 24.2 Å². The summed E-state index contributed by atoms with van der Waals surface area (Å²) in [6, 6.07) is 7.75. The Morgan fingerprint density at radius 1 is 1.26 bits per heavy atom. The van der Waals surface area contributed by atoms with Gasteiger partial charge in [-0.1, -0.05) is 13.3 Å².